The first-order valence-electron chi connectivity index (χ1n) is 14.7. The van der Waals surface area contributed by atoms with E-state index < -0.39 is 22.5 Å². The molecule has 1 amide bonds. The van der Waals surface area contributed by atoms with Gasteiger partial charge in [0, 0.05) is 51.9 Å². The second-order valence-corrected chi connectivity index (χ2v) is 10.6. The Morgan fingerprint density at radius 3 is 2.11 bits per heavy atom. The smallest absolute Gasteiger partial charge is 0.302 e. The van der Waals surface area contributed by atoms with Crippen LogP contribution in [-0.4, -0.2) is 70.8 Å². The van der Waals surface area contributed by atoms with Crippen molar-refractivity contribution in [3.05, 3.63) is 76.2 Å². The van der Waals surface area contributed by atoms with Crippen molar-refractivity contribution in [2.24, 2.45) is 5.92 Å². The number of carbonyl (C=O) groups is 2. The van der Waals surface area contributed by atoms with E-state index in [1.807, 2.05) is 13.8 Å². The van der Waals surface area contributed by atoms with Gasteiger partial charge in [0.25, 0.3) is 5.91 Å². The SMILES string of the molecule is CC.CO.COC(C)=O.Cc1cccc(F)c1N(C)c1cc(-c2cc(F)c(Cl)c(F)c2)nc2cc(C(=O)N3CCC(C)CC3)nn12. The van der Waals surface area contributed by atoms with E-state index in [9.17, 15) is 22.8 Å². The number of aryl methyl sites for hydroxylation is 1. The number of carbonyl (C=O) groups excluding carboxylic acids is 2. The van der Waals surface area contributed by atoms with Crippen molar-refractivity contribution in [1.82, 2.24) is 19.5 Å². The number of methoxy groups -OCH3 is 1. The van der Waals surface area contributed by atoms with Crippen LogP contribution in [0.2, 0.25) is 5.02 Å². The molecule has 1 aliphatic heterocycles. The molecule has 13 heteroatoms. The Bertz CT molecular complexity index is 1600. The van der Waals surface area contributed by atoms with Crippen molar-refractivity contribution >= 4 is 40.6 Å². The maximum atomic E-state index is 14.9. The lowest BCUT2D eigenvalue weighted by atomic mass is 9.99. The minimum Gasteiger partial charge on any atom is -0.469 e. The van der Waals surface area contributed by atoms with Crippen molar-refractivity contribution in [3.8, 4) is 11.3 Å². The van der Waals surface area contributed by atoms with Crippen LogP contribution in [0.1, 0.15) is 56.6 Å². The van der Waals surface area contributed by atoms with Crippen LogP contribution >= 0.6 is 11.6 Å². The van der Waals surface area contributed by atoms with E-state index in [2.05, 4.69) is 21.7 Å². The van der Waals surface area contributed by atoms with Crippen LogP contribution in [0.15, 0.2) is 42.5 Å². The van der Waals surface area contributed by atoms with Gasteiger partial charge in [-0.2, -0.15) is 9.61 Å². The van der Waals surface area contributed by atoms with E-state index in [-0.39, 0.29) is 34.5 Å². The summed E-state index contributed by atoms with van der Waals surface area (Å²) in [5.41, 5.74) is 1.78. The predicted molar refractivity (Wildman–Crippen MR) is 174 cm³/mol. The van der Waals surface area contributed by atoms with Gasteiger partial charge in [-0.05, 0) is 49.4 Å². The Morgan fingerprint density at radius 1 is 1.02 bits per heavy atom. The number of benzene rings is 2. The fourth-order valence-corrected chi connectivity index (χ4v) is 4.80. The Morgan fingerprint density at radius 2 is 1.59 bits per heavy atom. The van der Waals surface area contributed by atoms with Gasteiger partial charge in [-0.1, -0.05) is 44.5 Å². The zero-order valence-corrected chi connectivity index (χ0v) is 28.1. The van der Waals surface area contributed by atoms with Crippen LogP contribution in [0.3, 0.4) is 0 Å². The van der Waals surface area contributed by atoms with E-state index in [1.54, 1.807) is 42.0 Å². The largest absolute Gasteiger partial charge is 0.469 e. The minimum absolute atomic E-state index is 0.140. The molecule has 4 aromatic rings. The van der Waals surface area contributed by atoms with Gasteiger partial charge in [-0.15, -0.1) is 0 Å². The van der Waals surface area contributed by atoms with Gasteiger partial charge >= 0.3 is 5.97 Å². The molecule has 1 N–H and O–H groups in total. The standard InChI is InChI=1S/C27H25ClF3N5O.C3H6O2.C2H6.CH4O/c1-15-7-9-35(10-8-15)27(37)22-13-23-32-21(17-11-19(30)25(28)20(31)12-17)14-24(36(23)33-22)34(3)26-16(2)5-4-6-18(26)29;1-3(4)5-2;2*1-2/h4-6,11-15H,7-10H2,1-3H3;1-2H3;1-2H3;2H,1H3. The first kappa shape index (κ1) is 38.0. The highest BCUT2D eigenvalue weighted by Gasteiger charge is 2.26. The summed E-state index contributed by atoms with van der Waals surface area (Å²) < 4.78 is 49.0. The van der Waals surface area contributed by atoms with Gasteiger partial charge in [-0.3, -0.25) is 9.59 Å². The van der Waals surface area contributed by atoms with Crippen molar-refractivity contribution in [2.45, 2.75) is 47.5 Å². The van der Waals surface area contributed by atoms with Crippen LogP contribution in [0.4, 0.5) is 24.7 Å². The lowest BCUT2D eigenvalue weighted by molar-refractivity contribution is -0.137. The predicted octanol–water partition coefficient (Wildman–Crippen LogP) is 7.23. The third-order valence-corrected chi connectivity index (χ3v) is 7.49. The average Bonchev–Trinajstić information content (AvgIpc) is 3.49. The number of ether oxygens (including phenoxy) is 1. The van der Waals surface area contributed by atoms with Gasteiger partial charge in [-0.25, -0.2) is 18.2 Å². The molecule has 1 saturated heterocycles. The van der Waals surface area contributed by atoms with Crippen LogP contribution in [0.5, 0.6) is 0 Å². The first-order chi connectivity index (χ1) is 21.9. The molecule has 46 heavy (non-hydrogen) atoms. The molecule has 0 radical (unpaired) electrons. The molecule has 0 atom stereocenters. The van der Waals surface area contributed by atoms with Crippen LogP contribution in [-0.2, 0) is 9.53 Å². The number of aliphatic hydroxyl groups is 1. The summed E-state index contributed by atoms with van der Waals surface area (Å²) in [6.07, 6.45) is 1.82. The first-order valence-corrected chi connectivity index (χ1v) is 15.1. The summed E-state index contributed by atoms with van der Waals surface area (Å²) in [5.74, 6) is -1.87. The maximum Gasteiger partial charge on any atom is 0.302 e. The molecule has 1 aliphatic rings. The molecule has 0 unspecified atom stereocenters. The Kier molecular flexibility index (Phi) is 14.5. The third-order valence-electron chi connectivity index (χ3n) is 7.13. The Hall–Kier alpha value is -4.16. The molecule has 0 spiro atoms. The van der Waals surface area contributed by atoms with E-state index >= 15 is 0 Å². The summed E-state index contributed by atoms with van der Waals surface area (Å²) >= 11 is 5.67. The topological polar surface area (TPSA) is 100 Å². The normalized spacial score (nSPS) is 12.6. The van der Waals surface area contributed by atoms with Gasteiger partial charge < -0.3 is 19.6 Å². The molecule has 1 fully saturated rings. The molecule has 9 nitrogen and oxygen atoms in total. The van der Waals surface area contributed by atoms with Gasteiger partial charge in [0.2, 0.25) is 0 Å². The molecular weight excluding hydrogens is 623 g/mol. The number of hydrogen-bond acceptors (Lipinski definition) is 7. The second kappa shape index (κ2) is 17.5. The third kappa shape index (κ3) is 8.97. The highest BCUT2D eigenvalue weighted by Crippen LogP contribution is 2.34. The number of halogens is 4. The fraction of sp³-hybridized carbons (Fsp3) is 0.394. The van der Waals surface area contributed by atoms with E-state index in [4.69, 9.17) is 16.7 Å². The number of likely N-dealkylation sites (tertiary alicyclic amines) is 1. The van der Waals surface area contributed by atoms with Crippen LogP contribution < -0.4 is 4.90 Å². The molecule has 2 aromatic heterocycles. The monoisotopic (exact) mass is 663 g/mol. The molecular formula is C33H41ClF3N5O4. The number of nitrogens with zero attached hydrogens (tertiary/aromatic N) is 5. The number of hydrogen-bond donors (Lipinski definition) is 1. The van der Waals surface area contributed by atoms with Crippen molar-refractivity contribution in [1.29, 1.82) is 0 Å². The highest BCUT2D eigenvalue weighted by molar-refractivity contribution is 6.31. The number of anilines is 2. The molecule has 2 aromatic carbocycles. The fourth-order valence-electron chi connectivity index (χ4n) is 4.69. The second-order valence-electron chi connectivity index (χ2n) is 10.2. The average molecular weight is 664 g/mol. The number of amides is 1. The molecule has 250 valence electrons. The Balaban J connectivity index is 0.000000736. The summed E-state index contributed by atoms with van der Waals surface area (Å²) in [6, 6.07) is 9.98. The number of piperidine rings is 1. The molecule has 0 aliphatic carbocycles. The van der Waals surface area contributed by atoms with Crippen LogP contribution in [0, 0.1) is 30.3 Å². The maximum absolute atomic E-state index is 14.9. The van der Waals surface area contributed by atoms with Gasteiger partial charge in [0.05, 0.1) is 18.5 Å². The zero-order chi connectivity index (χ0) is 34.7. The number of para-hydroxylation sites is 1. The summed E-state index contributed by atoms with van der Waals surface area (Å²) in [4.78, 5) is 30.7. The van der Waals surface area contributed by atoms with Crippen molar-refractivity contribution in [3.63, 3.8) is 0 Å². The van der Waals surface area contributed by atoms with E-state index in [0.29, 0.717) is 36.1 Å². The number of aliphatic hydroxyl groups excluding tert-OH is 1. The van der Waals surface area contributed by atoms with Gasteiger partial charge in [0.1, 0.15) is 28.3 Å². The molecule has 3 heterocycles. The van der Waals surface area contributed by atoms with Crippen LogP contribution in [0.25, 0.3) is 16.9 Å². The van der Waals surface area contributed by atoms with E-state index in [1.165, 1.54) is 30.7 Å². The summed E-state index contributed by atoms with van der Waals surface area (Å²) in [7, 11) is 4.00. The number of rotatable bonds is 4. The van der Waals surface area contributed by atoms with Gasteiger partial charge in [0.15, 0.2) is 11.3 Å². The Labute approximate surface area is 272 Å². The molecule has 0 saturated carbocycles. The lowest BCUT2D eigenvalue weighted by Crippen LogP contribution is -2.38. The number of aromatic nitrogens is 3. The summed E-state index contributed by atoms with van der Waals surface area (Å²) in [6.45, 7) is 10.6. The number of esters is 1. The number of fused-ring (bicyclic) bond motifs is 1. The quantitative estimate of drug-likeness (QED) is 0.182. The molecule has 0 bridgehead atoms. The summed E-state index contributed by atoms with van der Waals surface area (Å²) in [5, 5.41) is 10.9. The lowest BCUT2D eigenvalue weighted by Gasteiger charge is -2.29. The minimum atomic E-state index is -0.929. The van der Waals surface area contributed by atoms with Crippen molar-refractivity contribution < 1.29 is 32.6 Å². The molecule has 5 rings (SSSR count). The highest BCUT2D eigenvalue weighted by atomic mass is 35.5. The van der Waals surface area contributed by atoms with E-state index in [0.717, 1.165) is 32.1 Å². The van der Waals surface area contributed by atoms with Crippen molar-refractivity contribution in [2.75, 3.05) is 39.3 Å². The zero-order valence-electron chi connectivity index (χ0n) is 27.4.